The molecule has 0 bridgehead atoms. The van der Waals surface area contributed by atoms with Gasteiger partial charge in [-0.25, -0.2) is 9.37 Å². The first-order valence-electron chi connectivity index (χ1n) is 10.1. The number of aromatic amines is 1. The fraction of sp³-hybridized carbons (Fsp3) is 0.273. The highest BCUT2D eigenvalue weighted by Crippen LogP contribution is 2.42. The zero-order chi connectivity index (χ0) is 21.5. The second kappa shape index (κ2) is 7.59. The Labute approximate surface area is 178 Å². The van der Waals surface area contributed by atoms with Crippen LogP contribution in [0.2, 0.25) is 0 Å². The van der Waals surface area contributed by atoms with Gasteiger partial charge in [0.15, 0.2) is 11.5 Å². The number of nitrogens with one attached hydrogen (secondary N) is 2. The first-order valence-corrected chi connectivity index (χ1v) is 10.1. The van der Waals surface area contributed by atoms with Crippen LogP contribution in [0.3, 0.4) is 0 Å². The van der Waals surface area contributed by atoms with Crippen LogP contribution in [0.1, 0.15) is 0 Å². The molecular weight excluding hydrogens is 399 g/mol. The number of H-pyrrole nitrogens is 1. The first kappa shape index (κ1) is 19.4. The molecule has 8 nitrogen and oxygen atoms in total. The Balaban J connectivity index is 1.66. The summed E-state index contributed by atoms with van der Waals surface area (Å²) in [6.07, 6.45) is 1.69. The Kier molecular flexibility index (Phi) is 4.74. The number of fused-ring (bicyclic) bond motifs is 1. The Hall–Kier alpha value is -3.59. The van der Waals surface area contributed by atoms with Gasteiger partial charge >= 0.3 is 0 Å². The van der Waals surface area contributed by atoms with Crippen molar-refractivity contribution in [1.29, 1.82) is 0 Å². The Morgan fingerprint density at radius 3 is 2.71 bits per heavy atom. The van der Waals surface area contributed by atoms with E-state index >= 15 is 0 Å². The number of hydrogen-bond donors (Lipinski definition) is 3. The third kappa shape index (κ3) is 3.36. The van der Waals surface area contributed by atoms with Crippen molar-refractivity contribution >= 4 is 22.6 Å². The highest BCUT2D eigenvalue weighted by atomic mass is 19.1. The molecule has 0 amide bonds. The van der Waals surface area contributed by atoms with E-state index in [2.05, 4.69) is 37.3 Å². The molecule has 1 aliphatic heterocycles. The largest absolute Gasteiger partial charge is 0.508 e. The first-order chi connectivity index (χ1) is 15.0. The van der Waals surface area contributed by atoms with E-state index in [1.165, 1.54) is 12.1 Å². The molecule has 5 rings (SSSR count). The maximum absolute atomic E-state index is 14.7. The summed E-state index contributed by atoms with van der Waals surface area (Å²) in [6.45, 7) is 3.74. The lowest BCUT2D eigenvalue weighted by atomic mass is 10.0. The van der Waals surface area contributed by atoms with Gasteiger partial charge in [0.2, 0.25) is 0 Å². The minimum absolute atomic E-state index is 0.141. The maximum Gasteiger partial charge on any atom is 0.196 e. The SMILES string of the molecule is CNc1c(-c2ccc(O)cc2F)nc2[nH]ncc2c1-c1ccc(N2CCN(C)CC2)o1. The summed E-state index contributed by atoms with van der Waals surface area (Å²) in [5.41, 5.74) is 2.57. The summed E-state index contributed by atoms with van der Waals surface area (Å²) >= 11 is 0. The van der Waals surface area contributed by atoms with Crippen LogP contribution in [0.15, 0.2) is 40.9 Å². The molecule has 9 heteroatoms. The van der Waals surface area contributed by atoms with E-state index < -0.39 is 5.82 Å². The van der Waals surface area contributed by atoms with E-state index in [-0.39, 0.29) is 11.3 Å². The number of furan rings is 1. The number of likely N-dealkylation sites (N-methyl/N-ethyl adjacent to an activating group) is 1. The number of piperazine rings is 1. The number of benzene rings is 1. The molecule has 0 atom stereocenters. The minimum atomic E-state index is -0.564. The Bertz CT molecular complexity index is 1240. The molecule has 3 N–H and O–H groups in total. The number of aromatic hydroxyl groups is 1. The van der Waals surface area contributed by atoms with Crippen LogP contribution < -0.4 is 10.2 Å². The lowest BCUT2D eigenvalue weighted by molar-refractivity contribution is 0.306. The molecule has 0 unspecified atom stereocenters. The van der Waals surface area contributed by atoms with Crippen molar-refractivity contribution in [1.82, 2.24) is 20.1 Å². The highest BCUT2D eigenvalue weighted by Gasteiger charge is 2.24. The van der Waals surface area contributed by atoms with Gasteiger partial charge in [-0.15, -0.1) is 0 Å². The third-order valence-corrected chi connectivity index (χ3v) is 5.71. The summed E-state index contributed by atoms with van der Waals surface area (Å²) in [5.74, 6) is 0.743. The lowest BCUT2D eigenvalue weighted by Crippen LogP contribution is -2.44. The number of nitrogens with zero attached hydrogens (tertiary/aromatic N) is 4. The van der Waals surface area contributed by atoms with E-state index in [9.17, 15) is 9.50 Å². The molecular formula is C22H23FN6O2. The molecule has 4 heterocycles. The van der Waals surface area contributed by atoms with Crippen LogP contribution in [0, 0.1) is 5.82 Å². The average molecular weight is 422 g/mol. The van der Waals surface area contributed by atoms with Gasteiger partial charge in [-0.2, -0.15) is 5.10 Å². The quantitative estimate of drug-likeness (QED) is 0.463. The Morgan fingerprint density at radius 1 is 1.16 bits per heavy atom. The van der Waals surface area contributed by atoms with Crippen LogP contribution in [0.5, 0.6) is 5.75 Å². The molecule has 3 aromatic heterocycles. The fourth-order valence-electron chi connectivity index (χ4n) is 4.02. The number of halogens is 1. The van der Waals surface area contributed by atoms with Crippen LogP contribution in [0.4, 0.5) is 16.0 Å². The molecule has 160 valence electrons. The number of rotatable bonds is 4. The van der Waals surface area contributed by atoms with Crippen LogP contribution in [0.25, 0.3) is 33.6 Å². The van der Waals surface area contributed by atoms with E-state index in [0.29, 0.717) is 22.8 Å². The van der Waals surface area contributed by atoms with Gasteiger partial charge in [0.05, 0.1) is 28.5 Å². The van der Waals surface area contributed by atoms with Crippen LogP contribution in [-0.4, -0.2) is 65.5 Å². The molecule has 1 fully saturated rings. The maximum atomic E-state index is 14.7. The number of hydrogen-bond acceptors (Lipinski definition) is 7. The number of phenols is 1. The number of aromatic nitrogens is 3. The highest BCUT2D eigenvalue weighted by molar-refractivity contribution is 6.03. The van der Waals surface area contributed by atoms with Crippen molar-refractivity contribution in [3.63, 3.8) is 0 Å². The lowest BCUT2D eigenvalue weighted by Gasteiger charge is -2.32. The number of pyridine rings is 1. The van der Waals surface area contributed by atoms with E-state index in [1.807, 2.05) is 12.1 Å². The monoisotopic (exact) mass is 422 g/mol. The summed E-state index contributed by atoms with van der Waals surface area (Å²) < 4.78 is 21.0. The molecule has 0 radical (unpaired) electrons. The average Bonchev–Trinajstić information content (AvgIpc) is 3.42. The van der Waals surface area contributed by atoms with Crippen molar-refractivity contribution in [2.24, 2.45) is 0 Å². The third-order valence-electron chi connectivity index (χ3n) is 5.71. The van der Waals surface area contributed by atoms with E-state index in [4.69, 9.17) is 4.42 Å². The summed E-state index contributed by atoms with van der Waals surface area (Å²) in [5, 5.41) is 20.6. The van der Waals surface area contributed by atoms with Crippen LogP contribution in [-0.2, 0) is 0 Å². The topological polar surface area (TPSA) is 93.4 Å². The van der Waals surface area contributed by atoms with Gasteiger partial charge in [-0.05, 0) is 25.2 Å². The van der Waals surface area contributed by atoms with Gasteiger partial charge in [-0.1, -0.05) is 0 Å². The van der Waals surface area contributed by atoms with Gasteiger partial charge in [0, 0.05) is 50.9 Å². The molecule has 1 aromatic carbocycles. The molecule has 0 saturated carbocycles. The fourth-order valence-corrected chi connectivity index (χ4v) is 4.02. The minimum Gasteiger partial charge on any atom is -0.508 e. The van der Waals surface area contributed by atoms with Crippen molar-refractivity contribution in [2.45, 2.75) is 0 Å². The van der Waals surface area contributed by atoms with E-state index in [0.717, 1.165) is 49.1 Å². The van der Waals surface area contributed by atoms with Gasteiger partial charge in [0.25, 0.3) is 0 Å². The summed E-state index contributed by atoms with van der Waals surface area (Å²) in [6, 6.07) is 7.92. The van der Waals surface area contributed by atoms with Gasteiger partial charge in [-0.3, -0.25) is 5.10 Å². The normalized spacial score (nSPS) is 15.0. The predicted molar refractivity (Wildman–Crippen MR) is 118 cm³/mol. The zero-order valence-electron chi connectivity index (χ0n) is 17.3. The molecule has 1 aliphatic rings. The molecule has 0 aliphatic carbocycles. The van der Waals surface area contributed by atoms with Crippen LogP contribution >= 0.6 is 0 Å². The standard InChI is InChI=1S/C22H23FN6O2/c1-24-21-19(17-5-6-18(31-17)29-9-7-28(2)8-10-29)15-12-25-27-22(15)26-20(21)14-4-3-13(30)11-16(14)23/h3-6,11-12,24,30H,7-10H2,1-2H3,(H,25,26,27). The number of phenolic OH excluding ortho intramolecular Hbond substituents is 1. The smallest absolute Gasteiger partial charge is 0.196 e. The Morgan fingerprint density at radius 2 is 1.97 bits per heavy atom. The van der Waals surface area contributed by atoms with Crippen molar-refractivity contribution in [3.05, 3.63) is 42.3 Å². The molecule has 0 spiro atoms. The van der Waals surface area contributed by atoms with Gasteiger partial charge < -0.3 is 24.6 Å². The molecule has 1 saturated heterocycles. The van der Waals surface area contributed by atoms with Crippen molar-refractivity contribution < 1.29 is 13.9 Å². The zero-order valence-corrected chi connectivity index (χ0v) is 17.3. The summed E-state index contributed by atoms with van der Waals surface area (Å²) in [7, 11) is 3.87. The predicted octanol–water partition coefficient (Wildman–Crippen LogP) is 3.52. The molecule has 4 aromatic rings. The van der Waals surface area contributed by atoms with Crippen molar-refractivity contribution in [2.75, 3.05) is 50.5 Å². The second-order valence-corrected chi connectivity index (χ2v) is 7.69. The van der Waals surface area contributed by atoms with E-state index in [1.54, 1.807) is 13.2 Å². The summed E-state index contributed by atoms with van der Waals surface area (Å²) in [4.78, 5) is 9.10. The molecule has 31 heavy (non-hydrogen) atoms. The van der Waals surface area contributed by atoms with Gasteiger partial charge in [0.1, 0.15) is 17.3 Å². The second-order valence-electron chi connectivity index (χ2n) is 7.69. The number of anilines is 2. The van der Waals surface area contributed by atoms with Crippen molar-refractivity contribution in [3.8, 4) is 28.3 Å².